The van der Waals surface area contributed by atoms with Crippen molar-refractivity contribution in [2.75, 3.05) is 32.2 Å². The Hall–Kier alpha value is -1.91. The first-order valence-electron chi connectivity index (χ1n) is 10.1. The number of hydrogen-bond donors (Lipinski definition) is 1. The second-order valence-corrected chi connectivity index (χ2v) is 7.65. The summed E-state index contributed by atoms with van der Waals surface area (Å²) in [5, 5.41) is 4.40. The number of benzene rings is 2. The zero-order valence-corrected chi connectivity index (χ0v) is 17.3. The summed E-state index contributed by atoms with van der Waals surface area (Å²) in [4.78, 5) is 0. The molecule has 4 nitrogen and oxygen atoms in total. The molecule has 5 heteroatoms. The van der Waals surface area contributed by atoms with E-state index >= 15 is 0 Å². The lowest BCUT2D eigenvalue weighted by Crippen LogP contribution is -2.22. The fraction of sp³-hybridized carbons (Fsp3) is 0.478. The van der Waals surface area contributed by atoms with Crippen LogP contribution in [0.2, 0.25) is 5.02 Å². The average Bonchev–Trinajstić information content (AvgIpc) is 2.70. The summed E-state index contributed by atoms with van der Waals surface area (Å²) in [6.45, 7) is 1.61. The van der Waals surface area contributed by atoms with Gasteiger partial charge in [0.15, 0.2) is 11.5 Å². The van der Waals surface area contributed by atoms with Gasteiger partial charge >= 0.3 is 0 Å². The van der Waals surface area contributed by atoms with E-state index in [1.165, 1.54) is 32.1 Å². The van der Waals surface area contributed by atoms with Crippen molar-refractivity contribution in [2.24, 2.45) is 0 Å². The van der Waals surface area contributed by atoms with E-state index in [-0.39, 0.29) is 0 Å². The van der Waals surface area contributed by atoms with Gasteiger partial charge in [-0.1, -0.05) is 43.0 Å². The third-order valence-corrected chi connectivity index (χ3v) is 5.24. The molecule has 0 amide bonds. The zero-order chi connectivity index (χ0) is 19.6. The minimum Gasteiger partial charge on any atom is -0.489 e. The molecular formula is C23H30ClNO3. The van der Waals surface area contributed by atoms with Crippen LogP contribution in [0.3, 0.4) is 0 Å². The molecule has 152 valence electrons. The van der Waals surface area contributed by atoms with Crippen LogP contribution in [0, 0.1) is 0 Å². The van der Waals surface area contributed by atoms with Gasteiger partial charge in [0, 0.05) is 36.3 Å². The van der Waals surface area contributed by atoms with Crippen LogP contribution in [0.1, 0.15) is 37.7 Å². The summed E-state index contributed by atoms with van der Waals surface area (Å²) < 4.78 is 17.0. The number of halogens is 1. The van der Waals surface area contributed by atoms with Gasteiger partial charge in [-0.25, -0.2) is 0 Å². The lowest BCUT2D eigenvalue weighted by molar-refractivity contribution is 0.143. The molecule has 28 heavy (non-hydrogen) atoms. The Balaban J connectivity index is 1.64. The molecule has 1 fully saturated rings. The minimum absolute atomic E-state index is 0.497. The van der Waals surface area contributed by atoms with Crippen LogP contribution in [-0.4, -0.2) is 33.0 Å². The quantitative estimate of drug-likeness (QED) is 0.514. The summed E-state index contributed by atoms with van der Waals surface area (Å²) >= 11 is 6.07. The van der Waals surface area contributed by atoms with Crippen LogP contribution >= 0.6 is 11.6 Å². The standard InChI is InChI=1S/C23H30ClNO3/c1-26-14-15-28-22-11-10-21(25-20-8-3-2-4-9-20)17-23(22)27-13-12-18-6-5-7-19(24)16-18/h5-7,10-11,16-17,20,25H,2-4,8-9,12-15H2,1H3. The highest BCUT2D eigenvalue weighted by atomic mass is 35.5. The fourth-order valence-electron chi connectivity index (χ4n) is 3.52. The lowest BCUT2D eigenvalue weighted by Gasteiger charge is -2.24. The first kappa shape index (κ1) is 20.8. The van der Waals surface area contributed by atoms with E-state index in [2.05, 4.69) is 23.5 Å². The van der Waals surface area contributed by atoms with Crippen LogP contribution in [0.4, 0.5) is 5.69 Å². The minimum atomic E-state index is 0.497. The maximum Gasteiger partial charge on any atom is 0.163 e. The Morgan fingerprint density at radius 2 is 1.75 bits per heavy atom. The summed E-state index contributed by atoms with van der Waals surface area (Å²) in [5.74, 6) is 1.51. The highest BCUT2D eigenvalue weighted by molar-refractivity contribution is 6.30. The van der Waals surface area contributed by atoms with Crippen LogP contribution in [-0.2, 0) is 11.2 Å². The summed E-state index contributed by atoms with van der Waals surface area (Å²) in [7, 11) is 1.67. The molecule has 0 spiro atoms. The molecule has 0 aromatic heterocycles. The molecule has 0 heterocycles. The first-order chi connectivity index (χ1) is 13.7. The van der Waals surface area contributed by atoms with Crippen molar-refractivity contribution < 1.29 is 14.2 Å². The number of rotatable bonds is 10. The van der Waals surface area contributed by atoms with Gasteiger partial charge in [-0.05, 0) is 42.7 Å². The molecule has 1 aliphatic rings. The van der Waals surface area contributed by atoms with Crippen molar-refractivity contribution in [1.29, 1.82) is 0 Å². The first-order valence-corrected chi connectivity index (χ1v) is 10.5. The summed E-state index contributed by atoms with van der Waals surface area (Å²) in [6, 6.07) is 14.5. The SMILES string of the molecule is COCCOc1ccc(NC2CCCCC2)cc1OCCc1cccc(Cl)c1. The number of hydrogen-bond acceptors (Lipinski definition) is 4. The smallest absolute Gasteiger partial charge is 0.163 e. The van der Waals surface area contributed by atoms with Gasteiger partial charge < -0.3 is 19.5 Å². The number of ether oxygens (including phenoxy) is 3. The van der Waals surface area contributed by atoms with Crippen molar-refractivity contribution in [3.63, 3.8) is 0 Å². The number of anilines is 1. The van der Waals surface area contributed by atoms with Crippen LogP contribution < -0.4 is 14.8 Å². The van der Waals surface area contributed by atoms with Gasteiger partial charge in [0.1, 0.15) is 6.61 Å². The van der Waals surface area contributed by atoms with E-state index in [9.17, 15) is 0 Å². The largest absolute Gasteiger partial charge is 0.489 e. The van der Waals surface area contributed by atoms with Crippen molar-refractivity contribution in [1.82, 2.24) is 0 Å². The fourth-order valence-corrected chi connectivity index (χ4v) is 3.73. The van der Waals surface area contributed by atoms with Crippen molar-refractivity contribution in [3.05, 3.63) is 53.1 Å². The molecule has 0 unspecified atom stereocenters. The molecule has 0 bridgehead atoms. The van der Waals surface area contributed by atoms with Crippen molar-refractivity contribution in [3.8, 4) is 11.5 Å². The van der Waals surface area contributed by atoms with E-state index in [0.29, 0.717) is 25.9 Å². The maximum atomic E-state index is 6.09. The summed E-state index contributed by atoms with van der Waals surface area (Å²) in [5.41, 5.74) is 2.24. The van der Waals surface area contributed by atoms with Gasteiger partial charge in [0.05, 0.1) is 13.2 Å². The second-order valence-electron chi connectivity index (χ2n) is 7.21. The molecule has 1 N–H and O–H groups in total. The van der Waals surface area contributed by atoms with Crippen LogP contribution in [0.15, 0.2) is 42.5 Å². The van der Waals surface area contributed by atoms with E-state index in [1.807, 2.05) is 24.3 Å². The predicted molar refractivity (Wildman–Crippen MR) is 115 cm³/mol. The Kier molecular flexibility index (Phi) is 8.31. The van der Waals surface area contributed by atoms with Gasteiger partial charge in [0.2, 0.25) is 0 Å². The Labute approximate surface area is 173 Å². The Bertz CT molecular complexity index is 732. The molecule has 1 saturated carbocycles. The van der Waals surface area contributed by atoms with Crippen LogP contribution in [0.5, 0.6) is 11.5 Å². The molecule has 0 aliphatic heterocycles. The van der Waals surface area contributed by atoms with Gasteiger partial charge in [-0.3, -0.25) is 0 Å². The monoisotopic (exact) mass is 403 g/mol. The third kappa shape index (κ3) is 6.61. The molecule has 0 radical (unpaired) electrons. The molecular weight excluding hydrogens is 374 g/mol. The molecule has 0 saturated heterocycles. The zero-order valence-electron chi connectivity index (χ0n) is 16.6. The summed E-state index contributed by atoms with van der Waals surface area (Å²) in [6.07, 6.45) is 7.21. The van der Waals surface area contributed by atoms with Gasteiger partial charge in [-0.2, -0.15) is 0 Å². The highest BCUT2D eigenvalue weighted by Crippen LogP contribution is 2.32. The normalized spacial score (nSPS) is 14.6. The molecule has 0 atom stereocenters. The van der Waals surface area contributed by atoms with Crippen molar-refractivity contribution in [2.45, 2.75) is 44.6 Å². The highest BCUT2D eigenvalue weighted by Gasteiger charge is 2.14. The third-order valence-electron chi connectivity index (χ3n) is 5.00. The molecule has 2 aromatic carbocycles. The topological polar surface area (TPSA) is 39.7 Å². The second kappa shape index (κ2) is 11.2. The van der Waals surface area contributed by atoms with E-state index < -0.39 is 0 Å². The maximum absolute atomic E-state index is 6.09. The Morgan fingerprint density at radius 3 is 2.54 bits per heavy atom. The predicted octanol–water partition coefficient (Wildman–Crippen LogP) is 5.73. The Morgan fingerprint density at radius 1 is 0.929 bits per heavy atom. The lowest BCUT2D eigenvalue weighted by atomic mass is 9.95. The van der Waals surface area contributed by atoms with E-state index in [0.717, 1.165) is 34.2 Å². The number of nitrogens with one attached hydrogen (secondary N) is 1. The molecule has 1 aliphatic carbocycles. The van der Waals surface area contributed by atoms with Gasteiger partial charge in [0.25, 0.3) is 0 Å². The van der Waals surface area contributed by atoms with Crippen molar-refractivity contribution >= 4 is 17.3 Å². The van der Waals surface area contributed by atoms with Crippen LogP contribution in [0.25, 0.3) is 0 Å². The average molecular weight is 404 g/mol. The molecule has 3 rings (SSSR count). The van der Waals surface area contributed by atoms with E-state index in [1.54, 1.807) is 7.11 Å². The van der Waals surface area contributed by atoms with Gasteiger partial charge in [-0.15, -0.1) is 0 Å². The number of methoxy groups -OCH3 is 1. The molecule has 2 aromatic rings. The van der Waals surface area contributed by atoms with E-state index in [4.69, 9.17) is 25.8 Å².